The molecule has 2 heterocycles. The van der Waals surface area contributed by atoms with Crippen molar-refractivity contribution in [2.24, 2.45) is 0 Å². The van der Waals surface area contributed by atoms with Crippen molar-refractivity contribution in [2.45, 2.75) is 12.3 Å². The molecule has 1 aliphatic heterocycles. The van der Waals surface area contributed by atoms with E-state index >= 15 is 0 Å². The Hall–Kier alpha value is -2.77. The maximum Gasteiger partial charge on any atom is 0.416 e. The second kappa shape index (κ2) is 4.90. The lowest BCUT2D eigenvalue weighted by Gasteiger charge is -2.27. The second-order valence-electron chi connectivity index (χ2n) is 4.84. The van der Waals surface area contributed by atoms with Crippen LogP contribution in [0.5, 0.6) is 0 Å². The summed E-state index contributed by atoms with van der Waals surface area (Å²) in [4.78, 5) is 16.0. The van der Waals surface area contributed by atoms with Gasteiger partial charge in [0, 0.05) is 0 Å². The molecular weight excluding hydrogens is 297 g/mol. The summed E-state index contributed by atoms with van der Waals surface area (Å²) in [5, 5.41) is 5.60. The third-order valence-electron chi connectivity index (χ3n) is 3.28. The van der Waals surface area contributed by atoms with E-state index in [-0.39, 0.29) is 0 Å². The van der Waals surface area contributed by atoms with Gasteiger partial charge in [-0.3, -0.25) is 4.79 Å². The van der Waals surface area contributed by atoms with E-state index in [1.165, 1.54) is 24.4 Å². The number of hydrogen-bond acceptors (Lipinski definition) is 4. The molecule has 5 nitrogen and oxygen atoms in total. The zero-order valence-corrected chi connectivity index (χ0v) is 11.1. The molecule has 0 radical (unpaired) electrons. The first-order valence-corrected chi connectivity index (χ1v) is 6.34. The fraction of sp³-hybridized carbons (Fsp3) is 0.143. The molecule has 1 aromatic carbocycles. The van der Waals surface area contributed by atoms with Crippen LogP contribution >= 0.6 is 0 Å². The number of halogens is 3. The maximum atomic E-state index is 12.6. The summed E-state index contributed by atoms with van der Waals surface area (Å²) in [7, 11) is 0. The lowest BCUT2D eigenvalue weighted by Crippen LogP contribution is -2.39. The number of amides is 1. The van der Waals surface area contributed by atoms with Crippen molar-refractivity contribution in [2.75, 3.05) is 11.1 Å². The van der Waals surface area contributed by atoms with E-state index in [4.69, 9.17) is 5.73 Å². The van der Waals surface area contributed by atoms with Gasteiger partial charge in [0.05, 0.1) is 23.0 Å². The van der Waals surface area contributed by atoms with Crippen molar-refractivity contribution < 1.29 is 18.0 Å². The third kappa shape index (κ3) is 2.54. The Kier molecular flexibility index (Phi) is 3.16. The predicted octanol–water partition coefficient (Wildman–Crippen LogP) is 2.54. The molecule has 3 rings (SSSR count). The van der Waals surface area contributed by atoms with Gasteiger partial charge in [0.2, 0.25) is 0 Å². The quantitative estimate of drug-likeness (QED) is 0.756. The van der Waals surface area contributed by atoms with E-state index < -0.39 is 23.8 Å². The van der Waals surface area contributed by atoms with E-state index in [1.54, 1.807) is 0 Å². The number of carbonyl (C=O) groups excluding carboxylic acids is 1. The Balaban J connectivity index is 1.88. The summed E-state index contributed by atoms with van der Waals surface area (Å²) < 4.78 is 37.7. The molecule has 0 aliphatic carbocycles. The van der Waals surface area contributed by atoms with Gasteiger partial charge in [0.25, 0.3) is 5.91 Å². The number of alkyl halides is 3. The first-order chi connectivity index (χ1) is 10.3. The molecule has 0 bridgehead atoms. The molecule has 8 heteroatoms. The number of aromatic nitrogens is 1. The van der Waals surface area contributed by atoms with E-state index in [2.05, 4.69) is 15.6 Å². The Labute approximate surface area is 123 Å². The summed E-state index contributed by atoms with van der Waals surface area (Å²) in [6.45, 7) is 0. The second-order valence-corrected chi connectivity index (χ2v) is 4.84. The first-order valence-electron chi connectivity index (χ1n) is 6.34. The summed E-state index contributed by atoms with van der Waals surface area (Å²) >= 11 is 0. The van der Waals surface area contributed by atoms with Gasteiger partial charge in [-0.15, -0.1) is 0 Å². The number of nitrogens with two attached hydrogens (primary N) is 1. The summed E-state index contributed by atoms with van der Waals surface area (Å²) in [6.07, 6.45) is -3.65. The van der Waals surface area contributed by atoms with E-state index in [1.807, 2.05) is 0 Å². The van der Waals surface area contributed by atoms with E-state index in [9.17, 15) is 18.0 Å². The average Bonchev–Trinajstić information content (AvgIpc) is 2.47. The number of nitrogens with zero attached hydrogens (tertiary/aromatic N) is 1. The fourth-order valence-corrected chi connectivity index (χ4v) is 2.18. The van der Waals surface area contributed by atoms with Gasteiger partial charge in [0.15, 0.2) is 0 Å². The Morgan fingerprint density at radius 3 is 2.45 bits per heavy atom. The monoisotopic (exact) mass is 308 g/mol. The van der Waals surface area contributed by atoms with Crippen molar-refractivity contribution in [3.05, 3.63) is 53.2 Å². The van der Waals surface area contributed by atoms with Gasteiger partial charge in [0.1, 0.15) is 12.0 Å². The summed E-state index contributed by atoms with van der Waals surface area (Å²) in [5.74, 6) is -0.0544. The minimum Gasteiger partial charge on any atom is -0.397 e. The zero-order valence-electron chi connectivity index (χ0n) is 11.1. The van der Waals surface area contributed by atoms with Crippen LogP contribution in [0.2, 0.25) is 0 Å². The first kappa shape index (κ1) is 14.2. The molecule has 1 aliphatic rings. The lowest BCUT2D eigenvalue weighted by molar-refractivity contribution is -0.137. The van der Waals surface area contributed by atoms with Gasteiger partial charge in [-0.25, -0.2) is 4.98 Å². The number of carbonyl (C=O) groups is 1. The van der Waals surface area contributed by atoms with E-state index in [0.717, 1.165) is 12.1 Å². The minimum atomic E-state index is -4.40. The third-order valence-corrected chi connectivity index (χ3v) is 3.28. The molecule has 114 valence electrons. The standard InChI is InChI=1S/C14H11F3N4O/c15-14(16,17)8-3-1-7(2-4-8)11-20-12-10(13(22)21-11)5-9(18)6-19-12/h1-6,11H,18H2,(H,19,20)(H,21,22). The number of rotatable bonds is 1. The number of pyridine rings is 1. The van der Waals surface area contributed by atoms with E-state index in [0.29, 0.717) is 22.6 Å². The molecule has 1 atom stereocenters. The van der Waals surface area contributed by atoms with Crippen LogP contribution in [0.15, 0.2) is 36.5 Å². The van der Waals surface area contributed by atoms with Crippen molar-refractivity contribution in [1.29, 1.82) is 0 Å². The van der Waals surface area contributed by atoms with Gasteiger partial charge >= 0.3 is 6.18 Å². The van der Waals surface area contributed by atoms with Gasteiger partial charge in [-0.2, -0.15) is 13.2 Å². The largest absolute Gasteiger partial charge is 0.416 e. The van der Waals surface area contributed by atoms with Crippen LogP contribution in [0.25, 0.3) is 0 Å². The number of hydrogen-bond donors (Lipinski definition) is 3. The highest BCUT2D eigenvalue weighted by atomic mass is 19.4. The summed E-state index contributed by atoms with van der Waals surface area (Å²) in [6, 6.07) is 6.03. The molecule has 1 unspecified atom stereocenters. The molecule has 0 spiro atoms. The van der Waals surface area contributed by atoms with Crippen molar-refractivity contribution in [1.82, 2.24) is 10.3 Å². The molecule has 1 aromatic heterocycles. The minimum absolute atomic E-state index is 0.295. The molecule has 4 N–H and O–H groups in total. The maximum absolute atomic E-state index is 12.6. The lowest BCUT2D eigenvalue weighted by atomic mass is 10.1. The number of nitrogens with one attached hydrogen (secondary N) is 2. The van der Waals surface area contributed by atoms with Gasteiger partial charge < -0.3 is 16.4 Å². The Morgan fingerprint density at radius 1 is 1.14 bits per heavy atom. The van der Waals surface area contributed by atoms with Crippen molar-refractivity contribution in [3.63, 3.8) is 0 Å². The molecule has 22 heavy (non-hydrogen) atoms. The molecule has 0 saturated heterocycles. The molecule has 2 aromatic rings. The number of benzene rings is 1. The fourth-order valence-electron chi connectivity index (χ4n) is 2.18. The molecule has 1 amide bonds. The zero-order chi connectivity index (χ0) is 15.9. The van der Waals surface area contributed by atoms with Gasteiger partial charge in [-0.1, -0.05) is 12.1 Å². The number of fused-ring (bicyclic) bond motifs is 1. The van der Waals surface area contributed by atoms with Crippen LogP contribution in [0, 0.1) is 0 Å². The molecule has 0 fully saturated rings. The smallest absolute Gasteiger partial charge is 0.397 e. The summed E-state index contributed by atoms with van der Waals surface area (Å²) in [5.41, 5.74) is 5.96. The van der Waals surface area contributed by atoms with Crippen LogP contribution in [0.1, 0.15) is 27.7 Å². The van der Waals surface area contributed by atoms with Crippen molar-refractivity contribution in [3.8, 4) is 0 Å². The molecular formula is C14H11F3N4O. The van der Waals surface area contributed by atoms with Crippen LogP contribution in [-0.2, 0) is 6.18 Å². The Bertz CT molecular complexity index is 728. The highest BCUT2D eigenvalue weighted by Crippen LogP contribution is 2.31. The van der Waals surface area contributed by atoms with Crippen LogP contribution in [0.4, 0.5) is 24.7 Å². The average molecular weight is 308 g/mol. The van der Waals surface area contributed by atoms with Crippen LogP contribution in [-0.4, -0.2) is 10.9 Å². The topological polar surface area (TPSA) is 80.0 Å². The van der Waals surface area contributed by atoms with Crippen LogP contribution < -0.4 is 16.4 Å². The number of nitrogen functional groups attached to an aromatic ring is 1. The van der Waals surface area contributed by atoms with Gasteiger partial charge in [-0.05, 0) is 23.8 Å². The SMILES string of the molecule is Nc1cnc2c(c1)C(=O)NC(c1ccc(C(F)(F)F)cc1)N2. The van der Waals surface area contributed by atoms with Crippen molar-refractivity contribution >= 4 is 17.4 Å². The number of anilines is 2. The highest BCUT2D eigenvalue weighted by molar-refractivity contribution is 6.01. The van der Waals surface area contributed by atoms with Crippen LogP contribution in [0.3, 0.4) is 0 Å². The predicted molar refractivity (Wildman–Crippen MR) is 73.9 cm³/mol. The highest BCUT2D eigenvalue weighted by Gasteiger charge is 2.31. The molecule has 0 saturated carbocycles. The Morgan fingerprint density at radius 2 is 1.82 bits per heavy atom. The normalized spacial score (nSPS) is 17.4.